The first-order chi connectivity index (χ1) is 11.1. The molecule has 0 radical (unpaired) electrons. The molecule has 2 rings (SSSR count). The van der Waals surface area contributed by atoms with Crippen molar-refractivity contribution >= 4 is 12.9 Å². The number of nitrogens with one attached hydrogen (secondary N) is 1. The van der Waals surface area contributed by atoms with E-state index in [-0.39, 0.29) is 6.79 Å². The smallest absolute Gasteiger partial charge is 0.231 e. The molecule has 1 aromatic rings. The zero-order chi connectivity index (χ0) is 16.7. The zero-order valence-corrected chi connectivity index (χ0v) is 12.9. The summed E-state index contributed by atoms with van der Waals surface area (Å²) in [6.45, 7) is 8.59. The van der Waals surface area contributed by atoms with Crippen LogP contribution in [0.15, 0.2) is 64.2 Å². The molecule has 0 aromatic heterocycles. The van der Waals surface area contributed by atoms with E-state index in [9.17, 15) is 4.39 Å². The molecule has 0 saturated carbocycles. The molecule has 1 aliphatic rings. The van der Waals surface area contributed by atoms with E-state index in [1.54, 1.807) is 6.08 Å². The number of hydrazone groups is 1. The first-order valence-corrected chi connectivity index (χ1v) is 6.96. The Morgan fingerprint density at radius 3 is 2.91 bits per heavy atom. The van der Waals surface area contributed by atoms with Gasteiger partial charge in [-0.1, -0.05) is 12.1 Å². The van der Waals surface area contributed by atoms with Gasteiger partial charge in [0.15, 0.2) is 11.5 Å². The molecule has 1 aliphatic heterocycles. The summed E-state index contributed by atoms with van der Waals surface area (Å²) >= 11 is 0. The van der Waals surface area contributed by atoms with Gasteiger partial charge in [-0.25, -0.2) is 4.99 Å². The Balaban J connectivity index is 2.12. The SMILES string of the molecule is C=NNC(=C\Cc1ccc2c(c1)OCO2)/C(C)=C/C=N\C(=C)F. The maximum Gasteiger partial charge on any atom is 0.231 e. The van der Waals surface area contributed by atoms with Gasteiger partial charge in [-0.15, -0.1) is 0 Å². The summed E-state index contributed by atoms with van der Waals surface area (Å²) in [5, 5.41) is 3.68. The van der Waals surface area contributed by atoms with Crippen molar-refractivity contribution in [3.8, 4) is 11.5 Å². The molecule has 0 aliphatic carbocycles. The maximum absolute atomic E-state index is 12.5. The van der Waals surface area contributed by atoms with Gasteiger partial charge in [0.05, 0.1) is 5.70 Å². The molecule has 1 aromatic carbocycles. The third-order valence-corrected chi connectivity index (χ3v) is 3.14. The van der Waals surface area contributed by atoms with Crippen LogP contribution in [-0.4, -0.2) is 19.7 Å². The van der Waals surface area contributed by atoms with Gasteiger partial charge in [0.25, 0.3) is 0 Å². The summed E-state index contributed by atoms with van der Waals surface area (Å²) in [5.41, 5.74) is 5.48. The summed E-state index contributed by atoms with van der Waals surface area (Å²) in [6, 6.07) is 5.79. The Morgan fingerprint density at radius 1 is 1.39 bits per heavy atom. The van der Waals surface area contributed by atoms with Crippen molar-refractivity contribution in [1.82, 2.24) is 5.43 Å². The van der Waals surface area contributed by atoms with Gasteiger partial charge >= 0.3 is 0 Å². The van der Waals surface area contributed by atoms with Gasteiger partial charge in [0.2, 0.25) is 12.7 Å². The largest absolute Gasteiger partial charge is 0.454 e. The molecular weight excluding hydrogens is 297 g/mol. The molecule has 0 unspecified atom stereocenters. The number of nitrogens with zero attached hydrogens (tertiary/aromatic N) is 2. The third-order valence-electron chi connectivity index (χ3n) is 3.14. The molecule has 1 heterocycles. The van der Waals surface area contributed by atoms with Crippen LogP contribution < -0.4 is 14.9 Å². The van der Waals surface area contributed by atoms with Gasteiger partial charge < -0.3 is 9.47 Å². The number of benzene rings is 1. The normalized spacial score (nSPS) is 14.2. The van der Waals surface area contributed by atoms with E-state index in [0.29, 0.717) is 6.42 Å². The standard InChI is InChI=1S/C17H18FN3O2/c1-12(8-9-20-13(2)18)15(21-19-3)6-4-14-5-7-16-17(10-14)23-11-22-16/h5-10,21H,2-4,11H2,1H3/b12-8+,15-6-,20-9-. The predicted octanol–water partition coefficient (Wildman–Crippen LogP) is 3.50. The van der Waals surface area contributed by atoms with Crippen LogP contribution in [0, 0.1) is 0 Å². The van der Waals surface area contributed by atoms with E-state index in [1.165, 1.54) is 6.21 Å². The number of hydrogen-bond acceptors (Lipinski definition) is 5. The van der Waals surface area contributed by atoms with Crippen LogP contribution in [-0.2, 0) is 6.42 Å². The predicted molar refractivity (Wildman–Crippen MR) is 89.5 cm³/mol. The van der Waals surface area contributed by atoms with Crippen LogP contribution in [0.2, 0.25) is 0 Å². The number of aliphatic imine (C=N–C) groups is 1. The fraction of sp³-hybridized carbons (Fsp3) is 0.176. The van der Waals surface area contributed by atoms with Crippen LogP contribution >= 0.6 is 0 Å². The second-order valence-electron chi connectivity index (χ2n) is 4.78. The van der Waals surface area contributed by atoms with Gasteiger partial charge in [0, 0.05) is 12.9 Å². The van der Waals surface area contributed by atoms with Crippen molar-refractivity contribution in [3.63, 3.8) is 0 Å². The second-order valence-corrected chi connectivity index (χ2v) is 4.78. The van der Waals surface area contributed by atoms with Crippen LogP contribution in [0.1, 0.15) is 12.5 Å². The summed E-state index contributed by atoms with van der Waals surface area (Å²) < 4.78 is 23.1. The maximum atomic E-state index is 12.5. The highest BCUT2D eigenvalue weighted by molar-refractivity contribution is 5.74. The van der Waals surface area contributed by atoms with Crippen LogP contribution in [0.5, 0.6) is 11.5 Å². The van der Waals surface area contributed by atoms with Gasteiger partial charge in [-0.2, -0.15) is 9.49 Å². The van der Waals surface area contributed by atoms with E-state index >= 15 is 0 Å². The van der Waals surface area contributed by atoms with Crippen molar-refractivity contribution in [1.29, 1.82) is 0 Å². The molecule has 6 heteroatoms. The number of rotatable bonds is 7. The average molecular weight is 315 g/mol. The molecule has 120 valence electrons. The van der Waals surface area contributed by atoms with Crippen molar-refractivity contribution in [3.05, 3.63) is 59.7 Å². The first kappa shape index (κ1) is 16.5. The molecular formula is C17H18FN3O2. The Bertz CT molecular complexity index is 693. The molecule has 0 saturated heterocycles. The zero-order valence-electron chi connectivity index (χ0n) is 12.9. The average Bonchev–Trinajstić information content (AvgIpc) is 2.98. The van der Waals surface area contributed by atoms with Crippen molar-refractivity contribution in [2.24, 2.45) is 10.1 Å². The summed E-state index contributed by atoms with van der Waals surface area (Å²) in [7, 11) is 0. The molecule has 1 N–H and O–H groups in total. The summed E-state index contributed by atoms with van der Waals surface area (Å²) in [6.07, 6.45) is 5.62. The molecule has 0 bridgehead atoms. The van der Waals surface area contributed by atoms with E-state index in [2.05, 4.69) is 28.8 Å². The first-order valence-electron chi connectivity index (χ1n) is 6.96. The highest BCUT2D eigenvalue weighted by Gasteiger charge is 2.12. The Hall–Kier alpha value is -2.89. The van der Waals surface area contributed by atoms with E-state index < -0.39 is 5.95 Å². The van der Waals surface area contributed by atoms with E-state index in [0.717, 1.165) is 28.3 Å². The lowest BCUT2D eigenvalue weighted by Gasteiger charge is -2.07. The minimum absolute atomic E-state index is 0.253. The second kappa shape index (κ2) is 7.93. The van der Waals surface area contributed by atoms with Crippen molar-refractivity contribution in [2.75, 3.05) is 6.79 Å². The molecule has 0 atom stereocenters. The molecule has 23 heavy (non-hydrogen) atoms. The number of fused-ring (bicyclic) bond motifs is 1. The fourth-order valence-electron chi connectivity index (χ4n) is 1.99. The molecule has 5 nitrogen and oxygen atoms in total. The third kappa shape index (κ3) is 4.81. The van der Waals surface area contributed by atoms with Gasteiger partial charge in [-0.05, 0) is 49.3 Å². The Morgan fingerprint density at radius 2 is 2.17 bits per heavy atom. The Kier molecular flexibility index (Phi) is 5.68. The van der Waals surface area contributed by atoms with Gasteiger partial charge in [-0.3, -0.25) is 5.43 Å². The van der Waals surface area contributed by atoms with Crippen LogP contribution in [0.4, 0.5) is 4.39 Å². The molecule has 0 amide bonds. The summed E-state index contributed by atoms with van der Waals surface area (Å²) in [5.74, 6) is 0.755. The minimum atomic E-state index is -0.741. The number of hydrogen-bond donors (Lipinski definition) is 1. The Labute approximate surface area is 134 Å². The fourth-order valence-corrected chi connectivity index (χ4v) is 1.99. The number of ether oxygens (including phenoxy) is 2. The van der Waals surface area contributed by atoms with Crippen LogP contribution in [0.3, 0.4) is 0 Å². The topological polar surface area (TPSA) is 55.2 Å². The lowest BCUT2D eigenvalue weighted by Crippen LogP contribution is -2.06. The van der Waals surface area contributed by atoms with Gasteiger partial charge in [0.1, 0.15) is 0 Å². The molecule has 0 spiro atoms. The highest BCUT2D eigenvalue weighted by Crippen LogP contribution is 2.32. The highest BCUT2D eigenvalue weighted by atomic mass is 19.1. The quantitative estimate of drug-likeness (QED) is 0.362. The monoisotopic (exact) mass is 315 g/mol. The minimum Gasteiger partial charge on any atom is -0.454 e. The van der Waals surface area contributed by atoms with E-state index in [1.807, 2.05) is 31.2 Å². The number of halogens is 1. The molecule has 0 fully saturated rings. The van der Waals surface area contributed by atoms with E-state index in [4.69, 9.17) is 9.47 Å². The lowest BCUT2D eigenvalue weighted by molar-refractivity contribution is 0.174. The lowest BCUT2D eigenvalue weighted by atomic mass is 10.1. The summed E-state index contributed by atoms with van der Waals surface area (Å²) in [4.78, 5) is 3.47. The van der Waals surface area contributed by atoms with Crippen molar-refractivity contribution < 1.29 is 13.9 Å². The van der Waals surface area contributed by atoms with Crippen LogP contribution in [0.25, 0.3) is 0 Å². The number of allylic oxidation sites excluding steroid dienone is 3. The van der Waals surface area contributed by atoms with Crippen molar-refractivity contribution in [2.45, 2.75) is 13.3 Å².